The summed E-state index contributed by atoms with van der Waals surface area (Å²) in [6.07, 6.45) is 1.44. The molecular weight excluding hydrogens is 452 g/mol. The minimum atomic E-state index is -0.214. The van der Waals surface area contributed by atoms with Crippen molar-refractivity contribution in [2.75, 3.05) is 6.61 Å². The van der Waals surface area contributed by atoms with Gasteiger partial charge in [-0.05, 0) is 48.9 Å². The summed E-state index contributed by atoms with van der Waals surface area (Å²) in [5.41, 5.74) is 2.08. The number of carbonyl (C=O) groups excluding carboxylic acids is 1. The zero-order valence-corrected chi connectivity index (χ0v) is 18.0. The molecular formula is C22H17BrN2O3S. The molecule has 0 saturated heterocycles. The summed E-state index contributed by atoms with van der Waals surface area (Å²) in [6.45, 7) is 2.41. The number of ketones is 1. The molecule has 0 unspecified atom stereocenters. The van der Waals surface area contributed by atoms with Crippen LogP contribution in [0.3, 0.4) is 0 Å². The van der Waals surface area contributed by atoms with Gasteiger partial charge in [-0.3, -0.25) is 14.2 Å². The number of nitrogens with zero attached hydrogens (tertiary/aromatic N) is 2. The Kier molecular flexibility index (Phi) is 5.60. The molecule has 7 heteroatoms. The predicted molar refractivity (Wildman–Crippen MR) is 119 cm³/mol. The van der Waals surface area contributed by atoms with Crippen LogP contribution in [0.25, 0.3) is 21.3 Å². The van der Waals surface area contributed by atoms with Gasteiger partial charge >= 0.3 is 0 Å². The molecule has 146 valence electrons. The first kappa shape index (κ1) is 19.5. The number of rotatable bonds is 6. The highest BCUT2D eigenvalue weighted by atomic mass is 79.9. The molecule has 0 fully saturated rings. The van der Waals surface area contributed by atoms with E-state index in [1.807, 2.05) is 36.6 Å². The zero-order chi connectivity index (χ0) is 20.4. The Bertz CT molecular complexity index is 1230. The Labute approximate surface area is 179 Å². The van der Waals surface area contributed by atoms with Crippen LogP contribution in [-0.2, 0) is 6.54 Å². The normalized spacial score (nSPS) is 11.0. The highest BCUT2D eigenvalue weighted by Crippen LogP contribution is 2.31. The second-order valence-corrected chi connectivity index (χ2v) is 8.17. The van der Waals surface area contributed by atoms with E-state index in [0.29, 0.717) is 28.1 Å². The monoisotopic (exact) mass is 468 g/mol. The van der Waals surface area contributed by atoms with E-state index in [4.69, 9.17) is 4.74 Å². The van der Waals surface area contributed by atoms with E-state index in [-0.39, 0.29) is 17.9 Å². The summed E-state index contributed by atoms with van der Waals surface area (Å²) in [4.78, 5) is 30.8. The van der Waals surface area contributed by atoms with E-state index in [1.165, 1.54) is 22.2 Å². The lowest BCUT2D eigenvalue weighted by Crippen LogP contribution is -2.24. The predicted octanol–water partition coefficient (Wildman–Crippen LogP) is 5.17. The van der Waals surface area contributed by atoms with Crippen molar-refractivity contribution in [3.05, 3.63) is 80.6 Å². The van der Waals surface area contributed by atoms with E-state index >= 15 is 0 Å². The molecule has 29 heavy (non-hydrogen) atoms. The molecule has 0 spiro atoms. The molecule has 0 amide bonds. The van der Waals surface area contributed by atoms with Crippen LogP contribution >= 0.6 is 27.3 Å². The quantitative estimate of drug-likeness (QED) is 0.366. The van der Waals surface area contributed by atoms with Crippen molar-refractivity contribution in [2.24, 2.45) is 0 Å². The fourth-order valence-electron chi connectivity index (χ4n) is 3.07. The standard InChI is InChI=1S/C22H17BrN2O3S/c1-2-28-17-9-5-15(6-10-17)19(26)11-25-13-24-21-20(22(25)27)18(12-29-21)14-3-7-16(23)8-4-14/h3-10,12-13H,2,11H2,1H3. The maximum absolute atomic E-state index is 13.1. The van der Waals surface area contributed by atoms with Gasteiger partial charge in [0, 0.05) is 21.0 Å². The molecule has 2 aromatic carbocycles. The van der Waals surface area contributed by atoms with Gasteiger partial charge < -0.3 is 4.74 Å². The third-order valence-corrected chi connectivity index (χ3v) is 5.93. The molecule has 0 saturated carbocycles. The van der Waals surface area contributed by atoms with Crippen molar-refractivity contribution >= 4 is 43.3 Å². The van der Waals surface area contributed by atoms with Crippen LogP contribution < -0.4 is 10.3 Å². The highest BCUT2D eigenvalue weighted by Gasteiger charge is 2.15. The number of ether oxygens (including phenoxy) is 1. The molecule has 4 rings (SSSR count). The largest absolute Gasteiger partial charge is 0.494 e. The molecule has 0 aliphatic heterocycles. The van der Waals surface area contributed by atoms with Crippen molar-refractivity contribution in [3.63, 3.8) is 0 Å². The third-order valence-electron chi connectivity index (χ3n) is 4.52. The molecule has 0 radical (unpaired) electrons. The van der Waals surface area contributed by atoms with Gasteiger partial charge in [-0.2, -0.15) is 0 Å². The lowest BCUT2D eigenvalue weighted by atomic mass is 10.1. The Morgan fingerprint density at radius 1 is 1.14 bits per heavy atom. The first-order valence-electron chi connectivity index (χ1n) is 9.05. The number of halogens is 1. The van der Waals surface area contributed by atoms with E-state index in [2.05, 4.69) is 20.9 Å². The van der Waals surface area contributed by atoms with Gasteiger partial charge in [0.25, 0.3) is 5.56 Å². The average molecular weight is 469 g/mol. The Balaban J connectivity index is 1.67. The van der Waals surface area contributed by atoms with Crippen molar-refractivity contribution in [3.8, 4) is 16.9 Å². The van der Waals surface area contributed by atoms with E-state index < -0.39 is 0 Å². The van der Waals surface area contributed by atoms with Gasteiger partial charge in [-0.25, -0.2) is 4.98 Å². The molecule has 0 aliphatic carbocycles. The van der Waals surface area contributed by atoms with E-state index in [9.17, 15) is 9.59 Å². The van der Waals surface area contributed by atoms with E-state index in [1.54, 1.807) is 24.3 Å². The maximum atomic E-state index is 13.1. The summed E-state index contributed by atoms with van der Waals surface area (Å²) in [6, 6.07) is 14.7. The fraction of sp³-hybridized carbons (Fsp3) is 0.136. The molecule has 4 aromatic rings. The zero-order valence-electron chi connectivity index (χ0n) is 15.6. The first-order valence-corrected chi connectivity index (χ1v) is 10.7. The molecule has 2 heterocycles. The Hall–Kier alpha value is -2.77. The Morgan fingerprint density at radius 2 is 1.86 bits per heavy atom. The fourth-order valence-corrected chi connectivity index (χ4v) is 4.24. The van der Waals surface area contributed by atoms with Gasteiger partial charge in [0.15, 0.2) is 5.78 Å². The van der Waals surface area contributed by atoms with Crippen LogP contribution in [0, 0.1) is 0 Å². The van der Waals surface area contributed by atoms with Gasteiger partial charge in [0.05, 0.1) is 24.9 Å². The average Bonchev–Trinajstić information content (AvgIpc) is 3.16. The number of hydrogen-bond acceptors (Lipinski definition) is 5. The van der Waals surface area contributed by atoms with Gasteiger partial charge in [0.2, 0.25) is 0 Å². The smallest absolute Gasteiger partial charge is 0.263 e. The summed E-state index contributed by atoms with van der Waals surface area (Å²) >= 11 is 4.85. The van der Waals surface area contributed by atoms with Crippen molar-refractivity contribution in [2.45, 2.75) is 13.5 Å². The minimum Gasteiger partial charge on any atom is -0.494 e. The van der Waals surface area contributed by atoms with Gasteiger partial charge in [0.1, 0.15) is 10.6 Å². The topological polar surface area (TPSA) is 61.2 Å². The van der Waals surface area contributed by atoms with Crippen LogP contribution in [-0.4, -0.2) is 21.9 Å². The van der Waals surface area contributed by atoms with Crippen molar-refractivity contribution in [1.29, 1.82) is 0 Å². The van der Waals surface area contributed by atoms with Gasteiger partial charge in [-0.1, -0.05) is 28.1 Å². The summed E-state index contributed by atoms with van der Waals surface area (Å²) < 4.78 is 7.74. The molecule has 5 nitrogen and oxygen atoms in total. The van der Waals surface area contributed by atoms with E-state index in [0.717, 1.165) is 15.6 Å². The van der Waals surface area contributed by atoms with Crippen LogP contribution in [0.5, 0.6) is 5.75 Å². The number of thiophene rings is 1. The minimum absolute atomic E-state index is 0.0641. The number of Topliss-reactive ketones (excluding diaryl/α,β-unsaturated/α-hetero) is 1. The first-order chi connectivity index (χ1) is 14.1. The molecule has 0 bridgehead atoms. The van der Waals surface area contributed by atoms with Crippen LogP contribution in [0.4, 0.5) is 0 Å². The molecule has 0 N–H and O–H groups in total. The molecule has 0 atom stereocenters. The summed E-state index contributed by atoms with van der Waals surface area (Å²) in [5.74, 6) is 0.554. The lowest BCUT2D eigenvalue weighted by molar-refractivity contribution is 0.0970. The Morgan fingerprint density at radius 3 is 2.55 bits per heavy atom. The van der Waals surface area contributed by atoms with Gasteiger partial charge in [-0.15, -0.1) is 11.3 Å². The van der Waals surface area contributed by atoms with Crippen LogP contribution in [0.1, 0.15) is 17.3 Å². The van der Waals surface area contributed by atoms with Crippen LogP contribution in [0.15, 0.2) is 69.5 Å². The number of hydrogen-bond donors (Lipinski definition) is 0. The summed E-state index contributed by atoms with van der Waals surface area (Å²) in [7, 11) is 0. The van der Waals surface area contributed by atoms with Crippen molar-refractivity contribution < 1.29 is 9.53 Å². The maximum Gasteiger partial charge on any atom is 0.263 e. The number of benzene rings is 2. The number of carbonyl (C=O) groups is 1. The molecule has 2 aromatic heterocycles. The second kappa shape index (κ2) is 8.31. The second-order valence-electron chi connectivity index (χ2n) is 6.39. The number of aromatic nitrogens is 2. The van der Waals surface area contributed by atoms with Crippen LogP contribution in [0.2, 0.25) is 0 Å². The van der Waals surface area contributed by atoms with Crippen molar-refractivity contribution in [1.82, 2.24) is 9.55 Å². The lowest BCUT2D eigenvalue weighted by Gasteiger charge is -2.07. The summed E-state index contributed by atoms with van der Waals surface area (Å²) in [5, 5.41) is 2.47. The SMILES string of the molecule is CCOc1ccc(C(=O)Cn2cnc3scc(-c4ccc(Br)cc4)c3c2=O)cc1. The molecule has 0 aliphatic rings. The number of fused-ring (bicyclic) bond motifs is 1. The third kappa shape index (κ3) is 4.02. The highest BCUT2D eigenvalue weighted by molar-refractivity contribution is 9.10.